The first kappa shape index (κ1) is 32.3. The van der Waals surface area contributed by atoms with E-state index in [1.807, 2.05) is 18.2 Å². The van der Waals surface area contributed by atoms with Crippen molar-refractivity contribution >= 4 is 50.2 Å². The molecule has 0 aromatic heterocycles. The van der Waals surface area contributed by atoms with E-state index in [2.05, 4.69) is 152 Å². The fourth-order valence-electron chi connectivity index (χ4n) is 6.39. The second-order valence-electron chi connectivity index (χ2n) is 11.4. The van der Waals surface area contributed by atoms with E-state index in [4.69, 9.17) is 0 Å². The summed E-state index contributed by atoms with van der Waals surface area (Å²) in [6, 6.07) is 44.1. The molecule has 0 radical (unpaired) electrons. The molecular formula is C44H44N2. The molecule has 1 aliphatic rings. The molecule has 6 aromatic carbocycles. The van der Waals surface area contributed by atoms with Crippen LogP contribution in [0.2, 0.25) is 0 Å². The summed E-state index contributed by atoms with van der Waals surface area (Å²) in [6.07, 6.45) is 9.20. The Morgan fingerprint density at radius 2 is 1.24 bits per heavy atom. The lowest BCUT2D eigenvalue weighted by molar-refractivity contribution is 0.713. The van der Waals surface area contributed by atoms with Crippen molar-refractivity contribution in [3.8, 4) is 0 Å². The summed E-state index contributed by atoms with van der Waals surface area (Å²) in [7, 11) is 0. The minimum atomic E-state index is 0.620. The van der Waals surface area contributed by atoms with Crippen LogP contribution in [0.3, 0.4) is 0 Å². The van der Waals surface area contributed by atoms with Gasteiger partial charge >= 0.3 is 0 Å². The van der Waals surface area contributed by atoms with Crippen LogP contribution in [0.25, 0.3) is 43.5 Å². The zero-order valence-electron chi connectivity index (χ0n) is 27.0. The van der Waals surface area contributed by atoms with Gasteiger partial charge < -0.3 is 0 Å². The van der Waals surface area contributed by atoms with Crippen LogP contribution in [0.5, 0.6) is 0 Å². The normalized spacial score (nSPS) is 12.4. The Morgan fingerprint density at radius 1 is 0.630 bits per heavy atom. The van der Waals surface area contributed by atoms with E-state index in [0.717, 1.165) is 25.8 Å². The number of nitrogens with zero attached hydrogens (tertiary/aromatic N) is 1. The van der Waals surface area contributed by atoms with Gasteiger partial charge in [-0.05, 0) is 97.8 Å². The highest BCUT2D eigenvalue weighted by atomic mass is 15.0. The smallest absolute Gasteiger partial charge is 0.0879 e. The van der Waals surface area contributed by atoms with Crippen molar-refractivity contribution in [3.63, 3.8) is 0 Å². The van der Waals surface area contributed by atoms with Gasteiger partial charge in [0.05, 0.1) is 6.67 Å². The van der Waals surface area contributed by atoms with E-state index in [1.54, 1.807) is 0 Å². The maximum atomic E-state index is 3.69. The lowest BCUT2D eigenvalue weighted by Gasteiger charge is -2.19. The largest absolute Gasteiger partial charge is 0.294 e. The summed E-state index contributed by atoms with van der Waals surface area (Å²) in [5.74, 6) is 0. The first-order valence-corrected chi connectivity index (χ1v) is 16.3. The van der Waals surface area contributed by atoms with Crippen molar-refractivity contribution in [3.05, 3.63) is 169 Å². The second-order valence-corrected chi connectivity index (χ2v) is 11.4. The van der Waals surface area contributed by atoms with Gasteiger partial charge in [0.2, 0.25) is 0 Å². The monoisotopic (exact) mass is 600 g/mol. The van der Waals surface area contributed by atoms with Crippen molar-refractivity contribution in [1.29, 1.82) is 0 Å². The van der Waals surface area contributed by atoms with Gasteiger partial charge in [-0.1, -0.05) is 141 Å². The summed E-state index contributed by atoms with van der Waals surface area (Å²) in [5, 5.41) is 11.1. The van der Waals surface area contributed by atoms with Gasteiger partial charge in [0.25, 0.3) is 0 Å². The van der Waals surface area contributed by atoms with Gasteiger partial charge in [0.15, 0.2) is 0 Å². The van der Waals surface area contributed by atoms with E-state index in [0.29, 0.717) is 6.67 Å². The molecule has 1 aliphatic carbocycles. The quantitative estimate of drug-likeness (QED) is 0.0799. The molecule has 2 nitrogen and oxygen atoms in total. The Hall–Kier alpha value is -5.05. The first-order chi connectivity index (χ1) is 22.8. The Morgan fingerprint density at radius 3 is 1.89 bits per heavy atom. The van der Waals surface area contributed by atoms with Gasteiger partial charge in [-0.3, -0.25) is 10.3 Å². The minimum absolute atomic E-state index is 0.620. The van der Waals surface area contributed by atoms with Crippen molar-refractivity contribution < 1.29 is 0 Å². The van der Waals surface area contributed by atoms with E-state index in [-0.39, 0.29) is 0 Å². The molecule has 0 bridgehead atoms. The highest BCUT2D eigenvalue weighted by Gasteiger charge is 2.15. The predicted octanol–water partition coefficient (Wildman–Crippen LogP) is 11.6. The van der Waals surface area contributed by atoms with E-state index in [1.165, 1.54) is 72.1 Å². The molecule has 0 atom stereocenters. The molecule has 1 N–H and O–H groups in total. The third kappa shape index (κ3) is 7.42. The molecule has 46 heavy (non-hydrogen) atoms. The molecule has 0 unspecified atom stereocenters. The van der Waals surface area contributed by atoms with Crippen molar-refractivity contribution in [2.24, 2.45) is 4.99 Å². The summed E-state index contributed by atoms with van der Waals surface area (Å²) in [6.45, 7) is 13.1. The zero-order chi connectivity index (χ0) is 32.1. The third-order valence-electron chi connectivity index (χ3n) is 8.44. The Kier molecular flexibility index (Phi) is 11.5. The molecule has 7 rings (SSSR count). The van der Waals surface area contributed by atoms with Crippen LogP contribution in [0.1, 0.15) is 48.4 Å². The molecule has 230 valence electrons. The molecule has 0 amide bonds. The molecule has 0 saturated heterocycles. The number of nitrogens with one attached hydrogen (secondary N) is 1. The number of hydrogen-bond donors (Lipinski definition) is 1. The maximum Gasteiger partial charge on any atom is 0.0879 e. The fraction of sp³-hybridized carbons (Fsp3) is 0.159. The minimum Gasteiger partial charge on any atom is -0.294 e. The number of fused-ring (bicyclic) bond motifs is 6. The van der Waals surface area contributed by atoms with Crippen molar-refractivity contribution in [2.75, 3.05) is 6.67 Å². The Bertz CT molecular complexity index is 1950. The van der Waals surface area contributed by atoms with Crippen LogP contribution in [-0.4, -0.2) is 13.4 Å². The standard InChI is InChI=1S/C33H28.C9H12N2.C2H4/c1-2-10-23-11-9-12-24(21-23)26-13-3-4-14-27(26)25-19-20-32-30-17-6-5-15-28(30)29-16-7-8-18-31(29)33(32)22-25;1-10-8-11-7-9-5-3-2-4-6-9;1-2/h4-9,11-12,14-22H,2-3,10,13H2,1H3;2-6,11H,1,7-8H2;1-2H2. The highest BCUT2D eigenvalue weighted by Crippen LogP contribution is 2.39. The van der Waals surface area contributed by atoms with Gasteiger partial charge in [0, 0.05) is 6.54 Å². The molecule has 0 fully saturated rings. The summed E-state index contributed by atoms with van der Waals surface area (Å²) >= 11 is 0. The number of allylic oxidation sites excluding steroid dienone is 4. The van der Waals surface area contributed by atoms with E-state index < -0.39 is 0 Å². The number of hydrogen-bond acceptors (Lipinski definition) is 2. The number of benzene rings is 6. The van der Waals surface area contributed by atoms with Crippen LogP contribution in [-0.2, 0) is 13.0 Å². The summed E-state index contributed by atoms with van der Waals surface area (Å²) in [5.41, 5.74) is 8.25. The average Bonchev–Trinajstić information content (AvgIpc) is 3.13. The number of rotatable bonds is 8. The van der Waals surface area contributed by atoms with Gasteiger partial charge in [-0.25, -0.2) is 0 Å². The van der Waals surface area contributed by atoms with E-state index >= 15 is 0 Å². The fourth-order valence-corrected chi connectivity index (χ4v) is 6.39. The second kappa shape index (κ2) is 16.3. The van der Waals surface area contributed by atoms with Crippen LogP contribution < -0.4 is 5.32 Å². The molecule has 0 heterocycles. The first-order valence-electron chi connectivity index (χ1n) is 16.3. The van der Waals surface area contributed by atoms with Gasteiger partial charge in [-0.2, -0.15) is 0 Å². The number of aliphatic imine (C=N–C) groups is 1. The topological polar surface area (TPSA) is 24.4 Å². The van der Waals surface area contributed by atoms with Crippen LogP contribution in [0, 0.1) is 0 Å². The van der Waals surface area contributed by atoms with Crippen molar-refractivity contribution in [1.82, 2.24) is 5.32 Å². The Labute approximate surface area is 274 Å². The van der Waals surface area contributed by atoms with Gasteiger partial charge in [0.1, 0.15) is 0 Å². The highest BCUT2D eigenvalue weighted by molar-refractivity contribution is 6.25. The lowest BCUT2D eigenvalue weighted by Crippen LogP contribution is -2.12. The van der Waals surface area contributed by atoms with Crippen LogP contribution >= 0.6 is 0 Å². The summed E-state index contributed by atoms with van der Waals surface area (Å²) in [4.78, 5) is 3.69. The van der Waals surface area contributed by atoms with E-state index in [9.17, 15) is 0 Å². The van der Waals surface area contributed by atoms with Crippen LogP contribution in [0.15, 0.2) is 152 Å². The molecule has 0 saturated carbocycles. The third-order valence-corrected chi connectivity index (χ3v) is 8.44. The molecular weight excluding hydrogens is 556 g/mol. The number of aryl methyl sites for hydroxylation is 1. The SMILES string of the molecule is C=C.C=NCNCc1ccccc1.CCCc1cccc(C2=C(c3ccc4c5ccccc5c5ccccc5c4c3)C=CCC2)c1. The zero-order valence-corrected chi connectivity index (χ0v) is 27.0. The lowest BCUT2D eigenvalue weighted by atomic mass is 9.85. The molecule has 0 aliphatic heterocycles. The molecule has 6 aromatic rings. The van der Waals surface area contributed by atoms with Crippen molar-refractivity contribution in [2.45, 2.75) is 39.2 Å². The predicted molar refractivity (Wildman–Crippen MR) is 204 cm³/mol. The maximum absolute atomic E-state index is 3.69. The van der Waals surface area contributed by atoms with Gasteiger partial charge in [-0.15, -0.1) is 13.2 Å². The Balaban J connectivity index is 0.000000272. The average molecular weight is 601 g/mol. The van der Waals surface area contributed by atoms with Crippen LogP contribution in [0.4, 0.5) is 0 Å². The molecule has 2 heteroatoms. The summed E-state index contributed by atoms with van der Waals surface area (Å²) < 4.78 is 0. The molecule has 0 spiro atoms.